The van der Waals surface area contributed by atoms with Gasteiger partial charge in [0.25, 0.3) is 0 Å². The van der Waals surface area contributed by atoms with Crippen LogP contribution in [0.2, 0.25) is 0 Å². The Balaban J connectivity index is -0.0000000184. The van der Waals surface area contributed by atoms with E-state index in [-0.39, 0.29) is 53.6 Å². The Hall–Kier alpha value is -0.528. The molecule has 12 heteroatoms. The predicted molar refractivity (Wildman–Crippen MR) is 16.2 cm³/mol. The molecule has 0 rings (SSSR count). The number of carbonyl (C=O) groups excluding carboxylic acids is 3. The summed E-state index contributed by atoms with van der Waals surface area (Å²) in [6, 6.07) is 0. The average molecular weight is 365 g/mol. The Morgan fingerprint density at radius 1 is 0.600 bits per heavy atom. The van der Waals surface area contributed by atoms with Crippen molar-refractivity contribution < 1.29 is 98.6 Å². The van der Waals surface area contributed by atoms with Gasteiger partial charge in [-0.2, -0.15) is 0 Å². The van der Waals surface area contributed by atoms with Crippen molar-refractivity contribution in [1.29, 1.82) is 0 Å². The molecule has 0 amide bonds. The third-order valence-corrected chi connectivity index (χ3v) is 0. The van der Waals surface area contributed by atoms with Gasteiger partial charge in [-0.1, -0.05) is 0 Å². The van der Waals surface area contributed by atoms with Crippen LogP contribution in [0, 0.1) is 0 Å². The maximum Gasteiger partial charge on any atom is 2.00 e. The van der Waals surface area contributed by atoms with E-state index in [1.54, 1.807) is 0 Å². The van der Waals surface area contributed by atoms with Crippen molar-refractivity contribution in [2.24, 2.45) is 0 Å². The second kappa shape index (κ2) is 29.2. The van der Waals surface area contributed by atoms with Crippen LogP contribution in [0.1, 0.15) is 0 Å². The molecule has 1 radical (unpaired) electrons. The molecule has 0 atom stereocenters. The molecule has 0 fully saturated rings. The maximum atomic E-state index is 8.33. The summed E-state index contributed by atoms with van der Waals surface area (Å²) in [5, 5.41) is 50.0. The molecule has 0 aromatic rings. The minimum Gasteiger partial charge on any atom is -0.652 e. The molecule has 0 aromatic carbocycles. The first kappa shape index (κ1) is 36.6. The molecule has 0 saturated heterocycles. The molecular weight excluding hydrogens is 365 g/mol. The van der Waals surface area contributed by atoms with E-state index >= 15 is 0 Å². The van der Waals surface area contributed by atoms with Crippen LogP contribution in [0.25, 0.3) is 0 Å². The zero-order valence-electron chi connectivity index (χ0n) is 6.54. The van der Waals surface area contributed by atoms with E-state index in [0.29, 0.717) is 0 Å². The number of hydrogen-bond acceptors (Lipinski definition) is 9. The van der Waals surface area contributed by atoms with Crippen molar-refractivity contribution in [2.45, 2.75) is 0 Å². The first-order chi connectivity index (χ1) is 5.20. The summed E-state index contributed by atoms with van der Waals surface area (Å²) in [5.74, 6) is 0. The van der Waals surface area contributed by atoms with Crippen LogP contribution in [0.15, 0.2) is 0 Å². The van der Waals surface area contributed by atoms with E-state index in [2.05, 4.69) is 0 Å². The fourth-order valence-electron chi connectivity index (χ4n) is 0. The van der Waals surface area contributed by atoms with Gasteiger partial charge in [0, 0.05) is 0 Å². The van der Waals surface area contributed by atoms with E-state index in [9.17, 15) is 0 Å². The summed E-state index contributed by atoms with van der Waals surface area (Å²) in [6.45, 7) is 0. The van der Waals surface area contributed by atoms with Gasteiger partial charge >= 0.3 is 53.6 Å². The summed E-state index contributed by atoms with van der Waals surface area (Å²) >= 11 is 0. The van der Waals surface area contributed by atoms with Gasteiger partial charge in [-0.05, 0) is 18.5 Å². The Bertz CT molecular complexity index is 123. The molecule has 0 saturated carbocycles. The second-order valence-electron chi connectivity index (χ2n) is 0.750. The van der Waals surface area contributed by atoms with Gasteiger partial charge in [-0.3, -0.25) is 0 Å². The largest absolute Gasteiger partial charge is 2.00 e. The number of rotatable bonds is 0. The number of carbonyl (C=O) groups is 3. The molecule has 15 heavy (non-hydrogen) atoms. The van der Waals surface area contributed by atoms with Crippen LogP contribution in [0.3, 0.4) is 0 Å². The van der Waals surface area contributed by atoms with Gasteiger partial charge in [0.2, 0.25) is 0 Å². The van der Waals surface area contributed by atoms with Crippen LogP contribution >= 0.6 is 0 Å². The van der Waals surface area contributed by atoms with Crippen LogP contribution in [0.5, 0.6) is 0 Å². The summed E-state index contributed by atoms with van der Waals surface area (Å²) in [7, 11) is 0. The van der Waals surface area contributed by atoms with Crippen molar-refractivity contribution >= 4 is 18.5 Å². The van der Waals surface area contributed by atoms with Crippen LogP contribution < -0.4 is 30.6 Å². The molecule has 0 aromatic heterocycles. The molecule has 0 unspecified atom stereocenters. The predicted octanol–water partition coefficient (Wildman–Crippen LogP) is -7.35. The number of carboxylic acid groups (broad SMARTS) is 6. The third-order valence-electron chi connectivity index (χ3n) is 0. The fraction of sp³-hybridized carbons (Fsp3) is 0. The van der Waals surface area contributed by atoms with E-state index in [4.69, 9.17) is 45.0 Å². The topological polar surface area (TPSA) is 190 Å². The third kappa shape index (κ3) is 6370. The molecule has 9 nitrogen and oxygen atoms in total. The maximum absolute atomic E-state index is 8.33. The van der Waals surface area contributed by atoms with Crippen LogP contribution in [0.4, 0.5) is 14.4 Å². The molecule has 0 bridgehead atoms. The molecule has 0 aliphatic rings. The van der Waals surface area contributed by atoms with Crippen molar-refractivity contribution in [1.82, 2.24) is 0 Å². The first-order valence-corrected chi connectivity index (χ1v) is 1.84. The first-order valence-electron chi connectivity index (χ1n) is 1.84. The van der Waals surface area contributed by atoms with Gasteiger partial charge in [0.15, 0.2) is 0 Å². The Morgan fingerprint density at radius 3 is 0.600 bits per heavy atom. The zero-order valence-corrected chi connectivity index (χ0v) is 11.5. The molecular formula is C3CuFeO9Zn. The smallest absolute Gasteiger partial charge is 0.652 e. The standard InChI is InChI=1S/3CH2O3.Cu.Fe.Zn/c3*2-1(3)4;;;/h3*(H2,2,3,4);;;/q;;;3*+2/p-6. The van der Waals surface area contributed by atoms with E-state index in [0.717, 1.165) is 0 Å². The van der Waals surface area contributed by atoms with Crippen molar-refractivity contribution in [3.05, 3.63) is 0 Å². The van der Waals surface area contributed by atoms with Crippen molar-refractivity contribution in [2.75, 3.05) is 0 Å². The molecule has 0 heterocycles. The van der Waals surface area contributed by atoms with E-state index in [1.165, 1.54) is 0 Å². The molecule has 87 valence electrons. The summed E-state index contributed by atoms with van der Waals surface area (Å²) < 4.78 is 0. The summed E-state index contributed by atoms with van der Waals surface area (Å²) in [4.78, 5) is 25.0. The van der Waals surface area contributed by atoms with Crippen molar-refractivity contribution in [3.63, 3.8) is 0 Å². The second-order valence-corrected chi connectivity index (χ2v) is 0.750. The number of hydrogen-bond donors (Lipinski definition) is 0. The minimum absolute atomic E-state index is 0. The quantitative estimate of drug-likeness (QED) is 0.375. The minimum atomic E-state index is -2.33. The normalized spacial score (nSPS) is 4.80. The molecule has 0 spiro atoms. The molecule has 0 N–H and O–H groups in total. The Morgan fingerprint density at radius 2 is 0.600 bits per heavy atom. The van der Waals surface area contributed by atoms with E-state index < -0.39 is 18.5 Å². The van der Waals surface area contributed by atoms with Gasteiger partial charge in [0.1, 0.15) is 0 Å². The monoisotopic (exact) mass is 363 g/mol. The molecule has 0 aliphatic carbocycles. The fourth-order valence-corrected chi connectivity index (χ4v) is 0. The average Bonchev–Trinajstić information content (AvgIpc) is 1.54. The van der Waals surface area contributed by atoms with Crippen LogP contribution in [-0.2, 0) is 53.6 Å². The van der Waals surface area contributed by atoms with Crippen LogP contribution in [-0.4, -0.2) is 18.5 Å². The molecule has 0 aliphatic heterocycles. The van der Waals surface area contributed by atoms with Gasteiger partial charge in [-0.15, -0.1) is 0 Å². The Labute approximate surface area is 117 Å². The summed E-state index contributed by atoms with van der Waals surface area (Å²) in [6.07, 6.45) is -7.00. The zero-order chi connectivity index (χ0) is 10.7. The Kier molecular flexibility index (Phi) is 71.2. The van der Waals surface area contributed by atoms with Crippen molar-refractivity contribution in [3.8, 4) is 0 Å². The van der Waals surface area contributed by atoms with Gasteiger partial charge in [0.05, 0.1) is 0 Å². The summed E-state index contributed by atoms with van der Waals surface area (Å²) in [5.41, 5.74) is 0. The van der Waals surface area contributed by atoms with E-state index in [1.807, 2.05) is 0 Å². The SMILES string of the molecule is O=C([O-])[O-].O=C([O-])[O-].O=C([O-])[O-].[Cu+2].[Fe+2].[Zn+2]. The van der Waals surface area contributed by atoms with Gasteiger partial charge in [-0.25, -0.2) is 0 Å². The van der Waals surface area contributed by atoms with Gasteiger partial charge < -0.3 is 45.0 Å².